The van der Waals surface area contributed by atoms with Gasteiger partial charge in [-0.25, -0.2) is 0 Å². The maximum absolute atomic E-state index is 5.75. The number of ether oxygens (including phenoxy) is 2. The zero-order chi connectivity index (χ0) is 9.03. The minimum absolute atomic E-state index is 0.127. The Morgan fingerprint density at radius 1 is 1.50 bits per heavy atom. The van der Waals surface area contributed by atoms with Gasteiger partial charge in [0.15, 0.2) is 0 Å². The number of rotatable bonds is 3. The van der Waals surface area contributed by atoms with Crippen molar-refractivity contribution < 1.29 is 9.47 Å². The maximum atomic E-state index is 5.75. The fourth-order valence-corrected chi connectivity index (χ4v) is 2.17. The van der Waals surface area contributed by atoms with Gasteiger partial charge in [0.2, 0.25) is 0 Å². The predicted molar refractivity (Wildman–Crippen MR) is 53.6 cm³/mol. The molecule has 1 aliphatic rings. The first-order chi connectivity index (χ1) is 5.62. The van der Waals surface area contributed by atoms with Crippen LogP contribution in [0.2, 0.25) is 0 Å². The third-order valence-electron chi connectivity index (χ3n) is 2.27. The first kappa shape index (κ1) is 10.2. The standard InChI is InChI=1S/C9H20O2Si/c1-8(2)10-7-9(12)5-3-4-6-11-9/h8H,3-7H2,1-2,12H3. The van der Waals surface area contributed by atoms with E-state index in [9.17, 15) is 0 Å². The zero-order valence-corrected chi connectivity index (χ0v) is 10.4. The number of hydrogen-bond acceptors (Lipinski definition) is 2. The summed E-state index contributed by atoms with van der Waals surface area (Å²) in [6.07, 6.45) is 4.07. The summed E-state index contributed by atoms with van der Waals surface area (Å²) in [4.78, 5) is 0. The van der Waals surface area contributed by atoms with Crippen molar-refractivity contribution in [3.8, 4) is 0 Å². The van der Waals surface area contributed by atoms with Crippen LogP contribution < -0.4 is 0 Å². The molecule has 0 aromatic carbocycles. The molecule has 0 spiro atoms. The molecule has 0 amide bonds. The molecule has 1 atom stereocenters. The summed E-state index contributed by atoms with van der Waals surface area (Å²) in [7, 11) is 1.09. The molecule has 0 aromatic rings. The van der Waals surface area contributed by atoms with Crippen molar-refractivity contribution in [2.75, 3.05) is 13.2 Å². The summed E-state index contributed by atoms with van der Waals surface area (Å²) in [6.45, 7) is 5.89. The highest BCUT2D eigenvalue weighted by Gasteiger charge is 2.27. The van der Waals surface area contributed by atoms with E-state index in [0.717, 1.165) is 23.5 Å². The normalized spacial score (nSPS) is 31.2. The minimum atomic E-state index is 0.127. The molecular formula is C9H20O2Si. The monoisotopic (exact) mass is 188 g/mol. The van der Waals surface area contributed by atoms with Crippen LogP contribution >= 0.6 is 0 Å². The van der Waals surface area contributed by atoms with Gasteiger partial charge in [0, 0.05) is 16.8 Å². The summed E-state index contributed by atoms with van der Waals surface area (Å²) >= 11 is 0. The molecule has 2 nitrogen and oxygen atoms in total. The molecule has 1 aliphatic heterocycles. The Balaban J connectivity index is 2.26. The largest absolute Gasteiger partial charge is 0.377 e. The molecular weight excluding hydrogens is 168 g/mol. The quantitative estimate of drug-likeness (QED) is 0.606. The molecule has 0 aliphatic carbocycles. The van der Waals surface area contributed by atoms with Crippen molar-refractivity contribution in [3.05, 3.63) is 0 Å². The van der Waals surface area contributed by atoms with Crippen LogP contribution in [-0.4, -0.2) is 34.8 Å². The summed E-state index contributed by atoms with van der Waals surface area (Å²) in [5.74, 6) is 0. The average Bonchev–Trinajstić information content (AvgIpc) is 2.03. The predicted octanol–water partition coefficient (Wildman–Crippen LogP) is 0.674. The van der Waals surface area contributed by atoms with Gasteiger partial charge in [-0.15, -0.1) is 0 Å². The summed E-state index contributed by atoms with van der Waals surface area (Å²) in [6, 6.07) is 0. The van der Waals surface area contributed by atoms with E-state index in [0.29, 0.717) is 6.10 Å². The lowest BCUT2D eigenvalue weighted by Gasteiger charge is -2.34. The Bertz CT molecular complexity index is 130. The van der Waals surface area contributed by atoms with Gasteiger partial charge in [-0.1, -0.05) is 0 Å². The van der Waals surface area contributed by atoms with Crippen LogP contribution in [0.3, 0.4) is 0 Å². The molecule has 1 rings (SSSR count). The van der Waals surface area contributed by atoms with Gasteiger partial charge >= 0.3 is 0 Å². The van der Waals surface area contributed by atoms with Gasteiger partial charge in [0.1, 0.15) is 0 Å². The Labute approximate surface area is 78.1 Å². The highest BCUT2D eigenvalue weighted by Crippen LogP contribution is 2.22. The Morgan fingerprint density at radius 2 is 2.25 bits per heavy atom. The third-order valence-corrected chi connectivity index (χ3v) is 3.35. The van der Waals surface area contributed by atoms with Crippen LogP contribution in [0.15, 0.2) is 0 Å². The van der Waals surface area contributed by atoms with Gasteiger partial charge in [0.25, 0.3) is 0 Å². The van der Waals surface area contributed by atoms with Crippen LogP contribution in [0.5, 0.6) is 0 Å². The molecule has 3 heteroatoms. The van der Waals surface area contributed by atoms with E-state index in [1.807, 2.05) is 0 Å². The Morgan fingerprint density at radius 3 is 2.75 bits per heavy atom. The lowest BCUT2D eigenvalue weighted by Crippen LogP contribution is -2.42. The van der Waals surface area contributed by atoms with Crippen molar-refractivity contribution in [1.82, 2.24) is 0 Å². The maximum Gasteiger partial charge on any atom is 0.0719 e. The summed E-state index contributed by atoms with van der Waals surface area (Å²) in [5, 5.41) is 0.127. The fourth-order valence-electron chi connectivity index (χ4n) is 1.45. The second-order valence-corrected chi connectivity index (χ2v) is 5.94. The highest BCUT2D eigenvalue weighted by atomic mass is 28.1. The minimum Gasteiger partial charge on any atom is -0.377 e. The van der Waals surface area contributed by atoms with Crippen LogP contribution in [0.25, 0.3) is 0 Å². The molecule has 72 valence electrons. The van der Waals surface area contributed by atoms with Crippen molar-refractivity contribution in [2.24, 2.45) is 0 Å². The van der Waals surface area contributed by atoms with Gasteiger partial charge in [-0.2, -0.15) is 0 Å². The molecule has 1 fully saturated rings. The third kappa shape index (κ3) is 3.25. The first-order valence-corrected chi connectivity index (χ1v) is 5.88. The lowest BCUT2D eigenvalue weighted by atomic mass is 10.1. The molecule has 0 radical (unpaired) electrons. The Kier molecular flexibility index (Phi) is 3.74. The molecule has 12 heavy (non-hydrogen) atoms. The smallest absolute Gasteiger partial charge is 0.0719 e. The number of hydrogen-bond donors (Lipinski definition) is 0. The molecule has 1 heterocycles. The molecule has 0 aromatic heterocycles. The van der Waals surface area contributed by atoms with Crippen molar-refractivity contribution in [2.45, 2.75) is 44.4 Å². The van der Waals surface area contributed by atoms with Crippen LogP contribution in [0, 0.1) is 0 Å². The Hall–Kier alpha value is 0.137. The van der Waals surface area contributed by atoms with Crippen LogP contribution in [0.4, 0.5) is 0 Å². The van der Waals surface area contributed by atoms with Crippen molar-refractivity contribution >= 4 is 10.2 Å². The molecule has 0 bridgehead atoms. The molecule has 0 N–H and O–H groups in total. The van der Waals surface area contributed by atoms with Gasteiger partial charge < -0.3 is 9.47 Å². The summed E-state index contributed by atoms with van der Waals surface area (Å²) in [5.41, 5.74) is 0. The van der Waals surface area contributed by atoms with Gasteiger partial charge in [-0.05, 0) is 33.1 Å². The topological polar surface area (TPSA) is 18.5 Å². The first-order valence-electron chi connectivity index (χ1n) is 4.88. The molecule has 1 unspecified atom stereocenters. The summed E-state index contributed by atoms with van der Waals surface area (Å²) < 4.78 is 11.3. The van der Waals surface area contributed by atoms with Crippen LogP contribution in [-0.2, 0) is 9.47 Å². The van der Waals surface area contributed by atoms with Crippen molar-refractivity contribution in [1.29, 1.82) is 0 Å². The molecule has 0 saturated carbocycles. The van der Waals surface area contributed by atoms with E-state index in [2.05, 4.69) is 13.8 Å². The van der Waals surface area contributed by atoms with Gasteiger partial charge in [-0.3, -0.25) is 0 Å². The van der Waals surface area contributed by atoms with E-state index < -0.39 is 0 Å². The second-order valence-electron chi connectivity index (χ2n) is 4.12. The highest BCUT2D eigenvalue weighted by molar-refractivity contribution is 6.14. The van der Waals surface area contributed by atoms with Crippen LogP contribution in [0.1, 0.15) is 33.1 Å². The second kappa shape index (κ2) is 4.39. The van der Waals surface area contributed by atoms with Gasteiger partial charge in [0.05, 0.1) is 17.9 Å². The fraction of sp³-hybridized carbons (Fsp3) is 1.00. The van der Waals surface area contributed by atoms with Crippen molar-refractivity contribution in [3.63, 3.8) is 0 Å². The SMILES string of the molecule is CC(C)OCC1([SiH3])CCCCO1. The average molecular weight is 188 g/mol. The van der Waals surface area contributed by atoms with E-state index in [-0.39, 0.29) is 5.22 Å². The molecule has 1 saturated heterocycles. The van der Waals surface area contributed by atoms with E-state index >= 15 is 0 Å². The zero-order valence-electron chi connectivity index (χ0n) is 8.43. The van der Waals surface area contributed by atoms with E-state index in [1.54, 1.807) is 0 Å². The lowest BCUT2D eigenvalue weighted by molar-refractivity contribution is -0.0822. The van der Waals surface area contributed by atoms with E-state index in [1.165, 1.54) is 19.3 Å². The van der Waals surface area contributed by atoms with E-state index in [4.69, 9.17) is 9.47 Å².